The highest BCUT2D eigenvalue weighted by Gasteiger charge is 2.21. The molecule has 21 heavy (non-hydrogen) atoms. The van der Waals surface area contributed by atoms with Crippen LogP contribution in [-0.4, -0.2) is 28.4 Å². The van der Waals surface area contributed by atoms with Gasteiger partial charge >= 0.3 is 5.97 Å². The van der Waals surface area contributed by atoms with Gasteiger partial charge in [0.05, 0.1) is 0 Å². The largest absolute Gasteiger partial charge is 0.476 e. The molecule has 1 saturated carbocycles. The molecule has 0 spiro atoms. The average molecular weight is 310 g/mol. The first-order valence-corrected chi connectivity index (χ1v) is 8.28. The number of anilines is 1. The third-order valence-electron chi connectivity index (χ3n) is 4.02. The molecule has 0 saturated heterocycles. The van der Waals surface area contributed by atoms with Crippen molar-refractivity contribution in [2.75, 3.05) is 11.9 Å². The number of aromatic carboxylic acids is 1. The van der Waals surface area contributed by atoms with Gasteiger partial charge in [0.25, 0.3) is 0 Å². The van der Waals surface area contributed by atoms with Gasteiger partial charge in [-0.1, -0.05) is 37.5 Å². The lowest BCUT2D eigenvalue weighted by atomic mass is 9.81. The molecule has 5 nitrogen and oxygen atoms in total. The van der Waals surface area contributed by atoms with E-state index in [0.29, 0.717) is 5.13 Å². The third-order valence-corrected chi connectivity index (χ3v) is 5.14. The molecule has 1 heterocycles. The number of nitrogens with zero attached hydrogens (tertiary/aromatic N) is 1. The molecular formula is C15H22N2O3S. The number of thiazole rings is 1. The second-order valence-electron chi connectivity index (χ2n) is 5.91. The lowest BCUT2D eigenvalue weighted by Gasteiger charge is -2.26. The minimum Gasteiger partial charge on any atom is -0.476 e. The molecular weight excluding hydrogens is 288 g/mol. The number of carboxylic acid groups (broad SMARTS) is 1. The van der Waals surface area contributed by atoms with Gasteiger partial charge in [-0.05, 0) is 24.7 Å². The molecule has 0 aliphatic heterocycles. The van der Waals surface area contributed by atoms with E-state index >= 15 is 0 Å². The molecule has 116 valence electrons. The van der Waals surface area contributed by atoms with Gasteiger partial charge in [0.1, 0.15) is 4.88 Å². The molecule has 1 aromatic heterocycles. The summed E-state index contributed by atoms with van der Waals surface area (Å²) in [4.78, 5) is 26.7. The SMILES string of the molecule is CC(=O)c1sc(NCCC2CCCC(C)C2)nc1C(=O)O. The maximum Gasteiger partial charge on any atom is 0.356 e. The van der Waals surface area contributed by atoms with Gasteiger partial charge < -0.3 is 10.4 Å². The number of nitrogens with one attached hydrogen (secondary N) is 1. The summed E-state index contributed by atoms with van der Waals surface area (Å²) in [5.74, 6) is 0.156. The Hall–Kier alpha value is -1.43. The van der Waals surface area contributed by atoms with Crippen LogP contribution in [-0.2, 0) is 0 Å². The van der Waals surface area contributed by atoms with E-state index in [1.807, 2.05) is 0 Å². The second-order valence-corrected chi connectivity index (χ2v) is 6.91. The van der Waals surface area contributed by atoms with Crippen LogP contribution in [0.25, 0.3) is 0 Å². The first-order chi connectivity index (χ1) is 9.97. The molecule has 2 N–H and O–H groups in total. The standard InChI is InChI=1S/C15H22N2O3S/c1-9-4-3-5-11(8-9)6-7-16-15-17-12(14(19)20)13(21-15)10(2)18/h9,11H,3-8H2,1-2H3,(H,16,17)(H,19,20). The van der Waals surface area contributed by atoms with Crippen molar-refractivity contribution in [3.8, 4) is 0 Å². The van der Waals surface area contributed by atoms with Crippen molar-refractivity contribution < 1.29 is 14.7 Å². The lowest BCUT2D eigenvalue weighted by molar-refractivity contribution is 0.0687. The zero-order valence-electron chi connectivity index (χ0n) is 12.5. The molecule has 0 aromatic carbocycles. The molecule has 0 bridgehead atoms. The van der Waals surface area contributed by atoms with Crippen LogP contribution in [0.2, 0.25) is 0 Å². The number of rotatable bonds is 6. The predicted octanol–water partition coefficient (Wildman–Crippen LogP) is 3.67. The topological polar surface area (TPSA) is 79.3 Å². The van der Waals surface area contributed by atoms with Gasteiger partial charge in [-0.3, -0.25) is 4.79 Å². The van der Waals surface area contributed by atoms with E-state index in [1.54, 1.807) is 0 Å². The first kappa shape index (κ1) is 15.9. The number of hydrogen-bond acceptors (Lipinski definition) is 5. The molecule has 1 aliphatic rings. The summed E-state index contributed by atoms with van der Waals surface area (Å²) in [6.07, 6.45) is 6.27. The van der Waals surface area contributed by atoms with Gasteiger partial charge in [0.15, 0.2) is 16.6 Å². The van der Waals surface area contributed by atoms with E-state index in [4.69, 9.17) is 5.11 Å². The number of carboxylic acids is 1. The summed E-state index contributed by atoms with van der Waals surface area (Å²) in [6, 6.07) is 0. The molecule has 1 aromatic rings. The molecule has 2 unspecified atom stereocenters. The van der Waals surface area contributed by atoms with Crippen LogP contribution < -0.4 is 5.32 Å². The fourth-order valence-electron chi connectivity index (χ4n) is 2.98. The van der Waals surface area contributed by atoms with Gasteiger partial charge in [0, 0.05) is 13.5 Å². The van der Waals surface area contributed by atoms with Crippen molar-refractivity contribution in [1.82, 2.24) is 4.98 Å². The number of Topliss-reactive ketones (excluding diaryl/α,β-unsaturated/α-hetero) is 1. The zero-order valence-corrected chi connectivity index (χ0v) is 13.3. The van der Waals surface area contributed by atoms with Crippen LogP contribution in [0.1, 0.15) is 66.1 Å². The molecule has 1 fully saturated rings. The summed E-state index contributed by atoms with van der Waals surface area (Å²) >= 11 is 1.13. The summed E-state index contributed by atoms with van der Waals surface area (Å²) in [5, 5.41) is 12.7. The maximum absolute atomic E-state index is 11.4. The van der Waals surface area contributed by atoms with Gasteiger partial charge in [-0.25, -0.2) is 9.78 Å². The second kappa shape index (κ2) is 7.02. The molecule has 1 aliphatic carbocycles. The Morgan fingerprint density at radius 3 is 2.76 bits per heavy atom. The minimum atomic E-state index is -1.15. The van der Waals surface area contributed by atoms with Crippen molar-refractivity contribution in [1.29, 1.82) is 0 Å². The van der Waals surface area contributed by atoms with E-state index in [2.05, 4.69) is 17.2 Å². The number of aromatic nitrogens is 1. The number of ketones is 1. The fraction of sp³-hybridized carbons (Fsp3) is 0.667. The summed E-state index contributed by atoms with van der Waals surface area (Å²) in [7, 11) is 0. The minimum absolute atomic E-state index is 0.138. The quantitative estimate of drug-likeness (QED) is 0.784. The van der Waals surface area contributed by atoms with Crippen molar-refractivity contribution in [3.63, 3.8) is 0 Å². The molecule has 6 heteroatoms. The normalized spacial score (nSPS) is 22.0. The highest BCUT2D eigenvalue weighted by Crippen LogP contribution is 2.31. The average Bonchev–Trinajstić information content (AvgIpc) is 2.83. The summed E-state index contributed by atoms with van der Waals surface area (Å²) in [6.45, 7) is 4.45. The van der Waals surface area contributed by atoms with E-state index in [0.717, 1.165) is 36.1 Å². The van der Waals surface area contributed by atoms with Crippen molar-refractivity contribution in [2.24, 2.45) is 11.8 Å². The highest BCUT2D eigenvalue weighted by atomic mass is 32.1. The smallest absolute Gasteiger partial charge is 0.356 e. The Balaban J connectivity index is 1.90. The first-order valence-electron chi connectivity index (χ1n) is 7.46. The molecule has 2 rings (SSSR count). The number of carbonyl (C=O) groups excluding carboxylic acids is 1. The number of hydrogen-bond donors (Lipinski definition) is 2. The predicted molar refractivity (Wildman–Crippen MR) is 83.3 cm³/mol. The lowest BCUT2D eigenvalue weighted by Crippen LogP contribution is -2.16. The van der Waals surface area contributed by atoms with Crippen LogP contribution >= 0.6 is 11.3 Å². The molecule has 2 atom stereocenters. The monoisotopic (exact) mass is 310 g/mol. The van der Waals surface area contributed by atoms with Gasteiger partial charge in [-0.2, -0.15) is 0 Å². The highest BCUT2D eigenvalue weighted by molar-refractivity contribution is 7.17. The Kier molecular flexibility index (Phi) is 5.33. The van der Waals surface area contributed by atoms with E-state index in [-0.39, 0.29) is 16.4 Å². The van der Waals surface area contributed by atoms with Gasteiger partial charge in [-0.15, -0.1) is 0 Å². The van der Waals surface area contributed by atoms with Crippen LogP contribution in [0.5, 0.6) is 0 Å². The summed E-state index contributed by atoms with van der Waals surface area (Å²) < 4.78 is 0. The van der Waals surface area contributed by atoms with Gasteiger partial charge in [0.2, 0.25) is 0 Å². The van der Waals surface area contributed by atoms with E-state index in [9.17, 15) is 9.59 Å². The summed E-state index contributed by atoms with van der Waals surface area (Å²) in [5.41, 5.74) is -0.138. The van der Waals surface area contributed by atoms with Crippen LogP contribution in [0.4, 0.5) is 5.13 Å². The van der Waals surface area contributed by atoms with Crippen molar-refractivity contribution in [2.45, 2.75) is 46.0 Å². The van der Waals surface area contributed by atoms with E-state index < -0.39 is 5.97 Å². The van der Waals surface area contributed by atoms with Crippen molar-refractivity contribution in [3.05, 3.63) is 10.6 Å². The van der Waals surface area contributed by atoms with Crippen LogP contribution in [0.3, 0.4) is 0 Å². The Bertz CT molecular complexity index is 495. The Morgan fingerprint density at radius 1 is 1.43 bits per heavy atom. The third kappa shape index (κ3) is 4.27. The Morgan fingerprint density at radius 2 is 2.19 bits per heavy atom. The molecule has 0 radical (unpaired) electrons. The maximum atomic E-state index is 11.4. The Labute approximate surface area is 128 Å². The fourth-order valence-corrected chi connectivity index (χ4v) is 3.86. The van der Waals surface area contributed by atoms with Crippen LogP contribution in [0, 0.1) is 11.8 Å². The van der Waals surface area contributed by atoms with Crippen molar-refractivity contribution >= 4 is 28.2 Å². The zero-order chi connectivity index (χ0) is 15.4. The molecule has 0 amide bonds. The number of carbonyl (C=O) groups is 2. The van der Waals surface area contributed by atoms with E-state index in [1.165, 1.54) is 32.6 Å². The van der Waals surface area contributed by atoms with Crippen LogP contribution in [0.15, 0.2) is 0 Å².